The standard InChI is InChI=1S/C15H21ClN2O3S/c1-17(13-7-3-2-4-8-13)9-5-6-10-18-12-14(11-15(18)19)22(16,20)21/h2-4,7-8,14H,5-6,9-12H2,1H3. The maximum absolute atomic E-state index is 11.8. The van der Waals surface area contributed by atoms with Crippen molar-refractivity contribution in [2.24, 2.45) is 0 Å². The number of halogens is 1. The van der Waals surface area contributed by atoms with Gasteiger partial charge in [-0.25, -0.2) is 8.42 Å². The van der Waals surface area contributed by atoms with Crippen LogP contribution >= 0.6 is 10.7 Å². The normalized spacial score (nSPS) is 18.7. The molecule has 1 aliphatic heterocycles. The summed E-state index contributed by atoms with van der Waals surface area (Å²) in [5, 5.41) is -0.756. The van der Waals surface area contributed by atoms with Crippen molar-refractivity contribution in [1.82, 2.24) is 4.90 Å². The lowest BCUT2D eigenvalue weighted by Crippen LogP contribution is -2.29. The van der Waals surface area contributed by atoms with E-state index in [1.54, 1.807) is 4.90 Å². The molecule has 122 valence electrons. The number of carbonyl (C=O) groups is 1. The summed E-state index contributed by atoms with van der Waals surface area (Å²) in [5.74, 6) is -0.120. The third-order valence-electron chi connectivity index (χ3n) is 3.95. The number of likely N-dealkylation sites (tertiary alicyclic amines) is 1. The van der Waals surface area contributed by atoms with Crippen LogP contribution in [0.3, 0.4) is 0 Å². The summed E-state index contributed by atoms with van der Waals surface area (Å²) in [7, 11) is 3.71. The number of unbranched alkanes of at least 4 members (excludes halogenated alkanes) is 1. The predicted octanol–water partition coefficient (Wildman–Crippen LogP) is 2.07. The number of benzene rings is 1. The second kappa shape index (κ2) is 7.33. The lowest BCUT2D eigenvalue weighted by Gasteiger charge is -2.20. The molecule has 7 heteroatoms. The third kappa shape index (κ3) is 4.61. The smallest absolute Gasteiger partial charge is 0.237 e. The van der Waals surface area contributed by atoms with Crippen LogP contribution in [0.1, 0.15) is 19.3 Å². The third-order valence-corrected chi connectivity index (χ3v) is 5.81. The van der Waals surface area contributed by atoms with Crippen molar-refractivity contribution in [3.63, 3.8) is 0 Å². The fourth-order valence-electron chi connectivity index (χ4n) is 2.60. The number of para-hydroxylation sites is 1. The molecule has 0 N–H and O–H groups in total. The summed E-state index contributed by atoms with van der Waals surface area (Å²) in [6.45, 7) is 1.70. The molecule has 1 saturated heterocycles. The number of nitrogens with zero attached hydrogens (tertiary/aromatic N) is 2. The first-order valence-corrected chi connectivity index (χ1v) is 9.72. The molecule has 1 amide bonds. The summed E-state index contributed by atoms with van der Waals surface area (Å²) >= 11 is 0. The van der Waals surface area contributed by atoms with Crippen molar-refractivity contribution in [1.29, 1.82) is 0 Å². The highest BCUT2D eigenvalue weighted by atomic mass is 35.7. The van der Waals surface area contributed by atoms with Crippen LogP contribution < -0.4 is 4.90 Å². The first-order valence-electron chi connectivity index (χ1n) is 7.35. The van der Waals surface area contributed by atoms with Crippen molar-refractivity contribution >= 4 is 31.3 Å². The molecule has 0 spiro atoms. The number of hydrogen-bond donors (Lipinski definition) is 0. The molecule has 1 atom stereocenters. The van der Waals surface area contributed by atoms with Gasteiger partial charge in [0, 0.05) is 49.5 Å². The van der Waals surface area contributed by atoms with Gasteiger partial charge in [0.1, 0.15) is 5.25 Å². The summed E-state index contributed by atoms with van der Waals surface area (Å²) in [6, 6.07) is 10.1. The zero-order valence-electron chi connectivity index (χ0n) is 12.6. The van der Waals surface area contributed by atoms with Gasteiger partial charge in [-0.3, -0.25) is 4.79 Å². The second-order valence-electron chi connectivity index (χ2n) is 5.61. The second-order valence-corrected chi connectivity index (χ2v) is 8.51. The quantitative estimate of drug-likeness (QED) is 0.561. The molecule has 0 aliphatic carbocycles. The molecule has 1 fully saturated rings. The first-order chi connectivity index (χ1) is 10.4. The molecule has 0 radical (unpaired) electrons. The van der Waals surface area contributed by atoms with Crippen LogP contribution in [-0.4, -0.2) is 51.2 Å². The van der Waals surface area contributed by atoms with Crippen LogP contribution in [0.2, 0.25) is 0 Å². The fraction of sp³-hybridized carbons (Fsp3) is 0.533. The summed E-state index contributed by atoms with van der Waals surface area (Å²) < 4.78 is 22.6. The molecule has 1 aromatic rings. The van der Waals surface area contributed by atoms with Crippen LogP contribution in [0.4, 0.5) is 5.69 Å². The Morgan fingerprint density at radius 2 is 1.95 bits per heavy atom. The van der Waals surface area contributed by atoms with E-state index in [1.807, 2.05) is 25.2 Å². The highest BCUT2D eigenvalue weighted by Gasteiger charge is 2.36. The molecule has 22 heavy (non-hydrogen) atoms. The number of anilines is 1. The van der Waals surface area contributed by atoms with Crippen LogP contribution in [0.15, 0.2) is 30.3 Å². The van der Waals surface area contributed by atoms with Crippen LogP contribution in [0, 0.1) is 0 Å². The SMILES string of the molecule is CN(CCCCN1CC(S(=O)(=O)Cl)CC1=O)c1ccccc1. The van der Waals surface area contributed by atoms with Gasteiger partial charge in [-0.2, -0.15) is 0 Å². The van der Waals surface area contributed by atoms with E-state index in [2.05, 4.69) is 17.0 Å². The van der Waals surface area contributed by atoms with Crippen molar-refractivity contribution in [2.45, 2.75) is 24.5 Å². The summed E-state index contributed by atoms with van der Waals surface area (Å²) in [6.07, 6.45) is 1.79. The van der Waals surface area contributed by atoms with Gasteiger partial charge in [0.05, 0.1) is 0 Å². The highest BCUT2D eigenvalue weighted by molar-refractivity contribution is 8.14. The molecule has 1 aromatic carbocycles. The molecule has 1 unspecified atom stereocenters. The average molecular weight is 345 g/mol. The topological polar surface area (TPSA) is 57.7 Å². The molecule has 2 rings (SSSR count). The van der Waals surface area contributed by atoms with Crippen molar-refractivity contribution in [2.75, 3.05) is 31.6 Å². The Labute approximate surface area is 136 Å². The van der Waals surface area contributed by atoms with E-state index in [-0.39, 0.29) is 18.9 Å². The van der Waals surface area contributed by atoms with E-state index in [0.29, 0.717) is 6.54 Å². The van der Waals surface area contributed by atoms with Crippen molar-refractivity contribution in [3.8, 4) is 0 Å². The van der Waals surface area contributed by atoms with E-state index in [9.17, 15) is 13.2 Å². The molecule has 0 bridgehead atoms. The van der Waals surface area contributed by atoms with Crippen molar-refractivity contribution in [3.05, 3.63) is 30.3 Å². The summed E-state index contributed by atoms with van der Waals surface area (Å²) in [4.78, 5) is 15.5. The van der Waals surface area contributed by atoms with Gasteiger partial charge in [-0.05, 0) is 25.0 Å². The summed E-state index contributed by atoms with van der Waals surface area (Å²) in [5.41, 5.74) is 1.16. The van der Waals surface area contributed by atoms with Gasteiger partial charge in [0.15, 0.2) is 0 Å². The molecule has 0 saturated carbocycles. The van der Waals surface area contributed by atoms with E-state index in [0.717, 1.165) is 25.1 Å². The van der Waals surface area contributed by atoms with Crippen LogP contribution in [0.5, 0.6) is 0 Å². The van der Waals surface area contributed by atoms with E-state index < -0.39 is 14.3 Å². The zero-order chi connectivity index (χ0) is 16.2. The Morgan fingerprint density at radius 1 is 1.27 bits per heavy atom. The highest BCUT2D eigenvalue weighted by Crippen LogP contribution is 2.21. The Bertz CT molecular complexity index is 606. The lowest BCUT2D eigenvalue weighted by molar-refractivity contribution is -0.127. The minimum Gasteiger partial charge on any atom is -0.375 e. The number of hydrogen-bond acceptors (Lipinski definition) is 4. The van der Waals surface area contributed by atoms with E-state index >= 15 is 0 Å². The largest absolute Gasteiger partial charge is 0.375 e. The monoisotopic (exact) mass is 344 g/mol. The minimum absolute atomic E-state index is 0.00967. The van der Waals surface area contributed by atoms with Gasteiger partial charge >= 0.3 is 0 Å². The molecule has 0 aromatic heterocycles. The maximum atomic E-state index is 11.8. The number of amides is 1. The van der Waals surface area contributed by atoms with E-state index in [4.69, 9.17) is 10.7 Å². The van der Waals surface area contributed by atoms with E-state index in [1.165, 1.54) is 0 Å². The molecule has 1 heterocycles. The maximum Gasteiger partial charge on any atom is 0.237 e. The Kier molecular flexibility index (Phi) is 5.69. The van der Waals surface area contributed by atoms with Gasteiger partial charge in [0.2, 0.25) is 15.0 Å². The van der Waals surface area contributed by atoms with Crippen molar-refractivity contribution < 1.29 is 13.2 Å². The Hall–Kier alpha value is -1.27. The average Bonchev–Trinajstić information content (AvgIpc) is 2.86. The van der Waals surface area contributed by atoms with Gasteiger partial charge in [-0.15, -0.1) is 0 Å². The predicted molar refractivity (Wildman–Crippen MR) is 88.7 cm³/mol. The van der Waals surface area contributed by atoms with Gasteiger partial charge < -0.3 is 9.80 Å². The van der Waals surface area contributed by atoms with Crippen LogP contribution in [0.25, 0.3) is 0 Å². The van der Waals surface area contributed by atoms with Gasteiger partial charge in [-0.1, -0.05) is 18.2 Å². The van der Waals surface area contributed by atoms with Gasteiger partial charge in [0.25, 0.3) is 0 Å². The van der Waals surface area contributed by atoms with Crippen LogP contribution in [-0.2, 0) is 13.8 Å². The molecular formula is C15H21ClN2O3S. The Balaban J connectivity index is 1.72. The number of rotatable bonds is 7. The zero-order valence-corrected chi connectivity index (χ0v) is 14.2. The Morgan fingerprint density at radius 3 is 2.55 bits per heavy atom. The first kappa shape index (κ1) is 17.1. The lowest BCUT2D eigenvalue weighted by atomic mass is 10.2. The molecular weight excluding hydrogens is 324 g/mol. The molecule has 5 nitrogen and oxygen atoms in total. The fourth-order valence-corrected chi connectivity index (χ4v) is 3.66. The minimum atomic E-state index is -3.65. The number of carbonyl (C=O) groups excluding carboxylic acids is 1. The molecule has 1 aliphatic rings.